The van der Waals surface area contributed by atoms with Crippen LogP contribution in [0.25, 0.3) is 0 Å². The molecule has 9 nitrogen and oxygen atoms in total. The molecular weight excluding hydrogens is 384 g/mol. The molecule has 1 rings (SSSR count). The fraction of sp³-hybridized carbons (Fsp3) is 0.444. The van der Waals surface area contributed by atoms with E-state index in [0.717, 1.165) is 5.56 Å². The molecule has 0 radical (unpaired) electrons. The lowest BCUT2D eigenvalue weighted by Gasteiger charge is -2.21. The number of aliphatic carboxylic acids is 1. The predicted octanol–water partition coefficient (Wildman–Crippen LogP) is -0.889. The first-order valence-electron chi connectivity index (χ1n) is 8.69. The van der Waals surface area contributed by atoms with Gasteiger partial charge in [-0.15, -0.1) is 0 Å². The second-order valence-electron chi connectivity index (χ2n) is 5.97. The van der Waals surface area contributed by atoms with E-state index in [2.05, 4.69) is 16.0 Å². The lowest BCUT2D eigenvalue weighted by molar-refractivity contribution is -0.142. The van der Waals surface area contributed by atoms with E-state index >= 15 is 0 Å². The zero-order chi connectivity index (χ0) is 20.9. The van der Waals surface area contributed by atoms with Crippen molar-refractivity contribution in [1.29, 1.82) is 0 Å². The number of carbonyl (C=O) groups excluding carboxylic acids is 3. The van der Waals surface area contributed by atoms with Crippen molar-refractivity contribution >= 4 is 35.5 Å². The van der Waals surface area contributed by atoms with Crippen LogP contribution in [-0.4, -0.2) is 66.0 Å². The fourth-order valence-electron chi connectivity index (χ4n) is 2.32. The number of rotatable bonds is 12. The van der Waals surface area contributed by atoms with Crippen molar-refractivity contribution in [2.45, 2.75) is 24.9 Å². The lowest BCUT2D eigenvalue weighted by atomic mass is 10.0. The molecule has 2 unspecified atom stereocenters. The van der Waals surface area contributed by atoms with Gasteiger partial charge in [-0.3, -0.25) is 14.4 Å². The monoisotopic (exact) mass is 410 g/mol. The number of benzene rings is 1. The molecule has 2 atom stereocenters. The van der Waals surface area contributed by atoms with Crippen LogP contribution in [-0.2, 0) is 25.6 Å². The number of thioether (sulfide) groups is 1. The van der Waals surface area contributed by atoms with Crippen LogP contribution in [0.5, 0.6) is 0 Å². The second kappa shape index (κ2) is 12.7. The summed E-state index contributed by atoms with van der Waals surface area (Å²) in [6.45, 7) is -0.583. The molecule has 0 aliphatic rings. The summed E-state index contributed by atoms with van der Waals surface area (Å²) in [6, 6.07) is 6.98. The van der Waals surface area contributed by atoms with Gasteiger partial charge in [0.25, 0.3) is 0 Å². The van der Waals surface area contributed by atoms with Crippen molar-refractivity contribution in [3.63, 3.8) is 0 Å². The molecule has 0 heterocycles. The fourth-order valence-corrected chi connectivity index (χ4v) is 2.79. The smallest absolute Gasteiger partial charge is 0.326 e. The molecule has 3 amide bonds. The van der Waals surface area contributed by atoms with Crippen molar-refractivity contribution in [3.05, 3.63) is 35.9 Å². The minimum Gasteiger partial charge on any atom is -0.480 e. The van der Waals surface area contributed by atoms with E-state index in [9.17, 15) is 24.3 Å². The van der Waals surface area contributed by atoms with Gasteiger partial charge in [0, 0.05) is 6.42 Å². The Hall–Kier alpha value is -2.59. The van der Waals surface area contributed by atoms with Crippen LogP contribution in [0.15, 0.2) is 30.3 Å². The predicted molar refractivity (Wildman–Crippen MR) is 107 cm³/mol. The Morgan fingerprint density at radius 3 is 2.32 bits per heavy atom. The molecule has 28 heavy (non-hydrogen) atoms. The van der Waals surface area contributed by atoms with Crippen LogP contribution in [0, 0.1) is 0 Å². The first-order valence-corrected chi connectivity index (χ1v) is 10.1. The lowest BCUT2D eigenvalue weighted by Crippen LogP contribution is -2.54. The van der Waals surface area contributed by atoms with Crippen molar-refractivity contribution in [2.75, 3.05) is 25.1 Å². The molecule has 0 aliphatic carbocycles. The third kappa shape index (κ3) is 8.87. The van der Waals surface area contributed by atoms with E-state index in [4.69, 9.17) is 5.73 Å². The highest BCUT2D eigenvalue weighted by Gasteiger charge is 2.26. The zero-order valence-electron chi connectivity index (χ0n) is 15.6. The van der Waals surface area contributed by atoms with Crippen LogP contribution in [0.1, 0.15) is 12.0 Å². The maximum Gasteiger partial charge on any atom is 0.326 e. The van der Waals surface area contributed by atoms with Crippen molar-refractivity contribution in [3.8, 4) is 0 Å². The number of hydrogen-bond acceptors (Lipinski definition) is 6. The summed E-state index contributed by atoms with van der Waals surface area (Å²) in [5, 5.41) is 16.6. The Morgan fingerprint density at radius 1 is 1.07 bits per heavy atom. The first-order chi connectivity index (χ1) is 13.4. The number of nitrogens with two attached hydrogens (primary N) is 1. The minimum atomic E-state index is -1.14. The summed E-state index contributed by atoms with van der Waals surface area (Å²) < 4.78 is 0. The quantitative estimate of drug-likeness (QED) is 0.300. The molecule has 154 valence electrons. The maximum absolute atomic E-state index is 12.7. The molecule has 0 saturated heterocycles. The van der Waals surface area contributed by atoms with Crippen LogP contribution in [0.4, 0.5) is 0 Å². The third-order valence-electron chi connectivity index (χ3n) is 3.79. The third-order valence-corrected chi connectivity index (χ3v) is 4.44. The average Bonchev–Trinajstić information content (AvgIpc) is 2.69. The molecule has 1 aromatic rings. The van der Waals surface area contributed by atoms with E-state index in [1.165, 1.54) is 11.8 Å². The first kappa shape index (κ1) is 23.4. The van der Waals surface area contributed by atoms with E-state index in [1.807, 2.05) is 12.3 Å². The Bertz CT molecular complexity index is 671. The zero-order valence-corrected chi connectivity index (χ0v) is 16.5. The summed E-state index contributed by atoms with van der Waals surface area (Å²) >= 11 is 1.47. The summed E-state index contributed by atoms with van der Waals surface area (Å²) in [6.07, 6.45) is 2.29. The Balaban J connectivity index is 2.83. The molecular formula is C18H26N4O5S. The van der Waals surface area contributed by atoms with Crippen LogP contribution < -0.4 is 21.7 Å². The highest BCUT2D eigenvalue weighted by atomic mass is 32.2. The van der Waals surface area contributed by atoms with Crippen LogP contribution in [0.3, 0.4) is 0 Å². The van der Waals surface area contributed by atoms with Gasteiger partial charge in [-0.2, -0.15) is 11.8 Å². The van der Waals surface area contributed by atoms with Gasteiger partial charge in [-0.05, 0) is 24.0 Å². The van der Waals surface area contributed by atoms with Gasteiger partial charge < -0.3 is 26.8 Å². The largest absolute Gasteiger partial charge is 0.480 e. The topological polar surface area (TPSA) is 151 Å². The van der Waals surface area contributed by atoms with Gasteiger partial charge in [-0.25, -0.2) is 4.79 Å². The normalized spacial score (nSPS) is 12.5. The standard InChI is InChI=1S/C18H26N4O5S/c1-28-8-7-13(18(26)27)22-17(25)14(9-12-5-3-2-4-6-12)21-16(24)11-20-15(23)10-19/h2-6,13-14H,7-11,19H2,1H3,(H,20,23)(H,21,24)(H,22,25)(H,26,27). The maximum atomic E-state index is 12.7. The summed E-state index contributed by atoms with van der Waals surface area (Å²) in [4.78, 5) is 47.3. The summed E-state index contributed by atoms with van der Waals surface area (Å²) in [5.41, 5.74) is 5.96. The highest BCUT2D eigenvalue weighted by molar-refractivity contribution is 7.98. The number of amides is 3. The van der Waals surface area contributed by atoms with Crippen molar-refractivity contribution in [1.82, 2.24) is 16.0 Å². The highest BCUT2D eigenvalue weighted by Crippen LogP contribution is 2.06. The molecule has 0 saturated carbocycles. The van der Waals surface area contributed by atoms with Gasteiger partial charge in [0.05, 0.1) is 13.1 Å². The molecule has 0 spiro atoms. The van der Waals surface area contributed by atoms with Gasteiger partial charge in [-0.1, -0.05) is 30.3 Å². The number of carbonyl (C=O) groups is 4. The van der Waals surface area contributed by atoms with Crippen molar-refractivity contribution in [2.24, 2.45) is 5.73 Å². The Morgan fingerprint density at radius 2 is 1.75 bits per heavy atom. The van der Waals surface area contributed by atoms with Gasteiger partial charge in [0.1, 0.15) is 12.1 Å². The van der Waals surface area contributed by atoms with Crippen LogP contribution >= 0.6 is 11.8 Å². The van der Waals surface area contributed by atoms with Gasteiger partial charge in [0.2, 0.25) is 17.7 Å². The van der Waals surface area contributed by atoms with Crippen molar-refractivity contribution < 1.29 is 24.3 Å². The second-order valence-corrected chi connectivity index (χ2v) is 6.96. The molecule has 0 fully saturated rings. The van der Waals surface area contributed by atoms with Gasteiger partial charge in [0.15, 0.2) is 0 Å². The summed E-state index contributed by atoms with van der Waals surface area (Å²) in [7, 11) is 0. The molecule has 6 N–H and O–H groups in total. The molecule has 1 aromatic carbocycles. The number of hydrogen-bond donors (Lipinski definition) is 5. The number of carboxylic acid groups (broad SMARTS) is 1. The molecule has 10 heteroatoms. The Kier molecular flexibility index (Phi) is 10.7. The molecule has 0 bridgehead atoms. The summed E-state index contributed by atoms with van der Waals surface area (Å²) in [5.74, 6) is -2.24. The van der Waals surface area contributed by atoms with E-state index in [0.29, 0.717) is 5.75 Å². The van der Waals surface area contributed by atoms with E-state index in [-0.39, 0.29) is 25.9 Å². The average molecular weight is 410 g/mol. The van der Waals surface area contributed by atoms with E-state index in [1.54, 1.807) is 24.3 Å². The van der Waals surface area contributed by atoms with E-state index < -0.39 is 35.8 Å². The molecule has 0 aromatic heterocycles. The Labute approximate surface area is 167 Å². The minimum absolute atomic E-state index is 0.179. The SMILES string of the molecule is CSCCC(NC(=O)C(Cc1ccccc1)NC(=O)CNC(=O)CN)C(=O)O. The molecule has 0 aliphatic heterocycles. The van der Waals surface area contributed by atoms with Gasteiger partial charge >= 0.3 is 5.97 Å². The number of carboxylic acids is 1. The van der Waals surface area contributed by atoms with Crippen LogP contribution in [0.2, 0.25) is 0 Å². The number of nitrogens with one attached hydrogen (secondary N) is 3.